The van der Waals surface area contributed by atoms with Crippen molar-refractivity contribution in [3.8, 4) is 5.75 Å². The molecule has 2 rings (SSSR count). The summed E-state index contributed by atoms with van der Waals surface area (Å²) in [6, 6.07) is 13.6. The molecule has 4 nitrogen and oxygen atoms in total. The molecule has 2 aromatic rings. The lowest BCUT2D eigenvalue weighted by Gasteiger charge is -2.17. The van der Waals surface area contributed by atoms with Crippen molar-refractivity contribution in [2.24, 2.45) is 0 Å². The maximum absolute atomic E-state index is 12.1. The first-order chi connectivity index (χ1) is 9.61. The molecule has 104 valence electrons. The lowest BCUT2D eigenvalue weighted by molar-refractivity contribution is 0.0913. The molecule has 3 N–H and O–H groups in total. The standard InChI is InChI=1S/C16H17NO3/c1-11-7-8-13(15(19)9-11)16(20)17-14(10-18)12-5-3-2-4-6-12/h2-9,14,18-19H,10H2,1H3,(H,17,20)/t14-/m1/s1. The molecule has 0 bridgehead atoms. The third-order valence-electron chi connectivity index (χ3n) is 3.09. The summed E-state index contributed by atoms with van der Waals surface area (Å²) in [5.74, 6) is -0.474. The molecule has 0 aliphatic rings. The van der Waals surface area contributed by atoms with E-state index in [1.807, 2.05) is 37.3 Å². The van der Waals surface area contributed by atoms with Crippen LogP contribution >= 0.6 is 0 Å². The van der Waals surface area contributed by atoms with E-state index < -0.39 is 11.9 Å². The average molecular weight is 271 g/mol. The third kappa shape index (κ3) is 3.16. The molecule has 0 aliphatic carbocycles. The van der Waals surface area contributed by atoms with Crippen LogP contribution in [0, 0.1) is 6.92 Å². The number of hydrogen-bond donors (Lipinski definition) is 3. The molecule has 20 heavy (non-hydrogen) atoms. The fraction of sp³-hybridized carbons (Fsp3) is 0.188. The van der Waals surface area contributed by atoms with Gasteiger partial charge < -0.3 is 15.5 Å². The Morgan fingerprint density at radius 2 is 1.90 bits per heavy atom. The van der Waals surface area contributed by atoms with Gasteiger partial charge in [-0.2, -0.15) is 0 Å². The molecular formula is C16H17NO3. The number of aromatic hydroxyl groups is 1. The highest BCUT2D eigenvalue weighted by Gasteiger charge is 2.17. The quantitative estimate of drug-likeness (QED) is 0.798. The molecule has 1 atom stereocenters. The number of carbonyl (C=O) groups is 1. The van der Waals surface area contributed by atoms with E-state index in [-0.39, 0.29) is 17.9 Å². The van der Waals surface area contributed by atoms with Crippen LogP contribution < -0.4 is 5.32 Å². The third-order valence-corrected chi connectivity index (χ3v) is 3.09. The van der Waals surface area contributed by atoms with Gasteiger partial charge in [0.25, 0.3) is 5.91 Å². The van der Waals surface area contributed by atoms with E-state index in [9.17, 15) is 15.0 Å². The summed E-state index contributed by atoms with van der Waals surface area (Å²) in [7, 11) is 0. The SMILES string of the molecule is Cc1ccc(C(=O)N[C@H](CO)c2ccccc2)c(O)c1. The molecule has 0 spiro atoms. The van der Waals surface area contributed by atoms with Crippen molar-refractivity contribution in [1.29, 1.82) is 0 Å². The Bertz CT molecular complexity index is 596. The van der Waals surface area contributed by atoms with Gasteiger partial charge >= 0.3 is 0 Å². The Kier molecular flexibility index (Phi) is 4.38. The molecular weight excluding hydrogens is 254 g/mol. The molecule has 4 heteroatoms. The van der Waals surface area contributed by atoms with Crippen molar-refractivity contribution in [2.45, 2.75) is 13.0 Å². The zero-order valence-corrected chi connectivity index (χ0v) is 11.2. The minimum Gasteiger partial charge on any atom is -0.507 e. The summed E-state index contributed by atoms with van der Waals surface area (Å²) in [5.41, 5.74) is 1.89. The molecule has 0 heterocycles. The number of phenols is 1. The predicted octanol–water partition coefficient (Wildman–Crippen LogP) is 2.16. The van der Waals surface area contributed by atoms with Gasteiger partial charge in [-0.15, -0.1) is 0 Å². The Labute approximate surface area is 117 Å². The van der Waals surface area contributed by atoms with E-state index in [4.69, 9.17) is 0 Å². The number of aryl methyl sites for hydroxylation is 1. The number of amides is 1. The molecule has 2 aromatic carbocycles. The fourth-order valence-electron chi connectivity index (χ4n) is 1.99. The second-order valence-corrected chi connectivity index (χ2v) is 4.64. The van der Waals surface area contributed by atoms with Crippen molar-refractivity contribution in [1.82, 2.24) is 5.32 Å². The van der Waals surface area contributed by atoms with Gasteiger partial charge in [-0.25, -0.2) is 0 Å². The minimum atomic E-state index is -0.496. The van der Waals surface area contributed by atoms with Crippen LogP contribution in [0.1, 0.15) is 27.5 Å². The van der Waals surface area contributed by atoms with Gasteiger partial charge in [0.1, 0.15) is 5.75 Å². The van der Waals surface area contributed by atoms with E-state index in [1.165, 1.54) is 6.07 Å². The largest absolute Gasteiger partial charge is 0.507 e. The fourth-order valence-corrected chi connectivity index (χ4v) is 1.99. The number of benzene rings is 2. The highest BCUT2D eigenvalue weighted by Crippen LogP contribution is 2.20. The summed E-state index contributed by atoms with van der Waals surface area (Å²) in [6.07, 6.45) is 0. The molecule has 0 aromatic heterocycles. The van der Waals surface area contributed by atoms with Crippen LogP contribution in [-0.2, 0) is 0 Å². The monoisotopic (exact) mass is 271 g/mol. The molecule has 0 saturated heterocycles. The first kappa shape index (κ1) is 14.1. The van der Waals surface area contributed by atoms with Crippen LogP contribution in [0.4, 0.5) is 0 Å². The first-order valence-electron chi connectivity index (χ1n) is 6.38. The van der Waals surface area contributed by atoms with Gasteiger partial charge in [0.2, 0.25) is 0 Å². The smallest absolute Gasteiger partial charge is 0.255 e. The average Bonchev–Trinajstić information content (AvgIpc) is 2.45. The number of aliphatic hydroxyl groups is 1. The zero-order valence-electron chi connectivity index (χ0n) is 11.2. The van der Waals surface area contributed by atoms with Crippen molar-refractivity contribution < 1.29 is 15.0 Å². The molecule has 0 fully saturated rings. The second kappa shape index (κ2) is 6.21. The molecule has 0 aliphatic heterocycles. The van der Waals surface area contributed by atoms with Gasteiger partial charge in [-0.3, -0.25) is 4.79 Å². The number of phenolic OH excluding ortho intramolecular Hbond substituents is 1. The Morgan fingerprint density at radius 3 is 2.50 bits per heavy atom. The van der Waals surface area contributed by atoms with Crippen molar-refractivity contribution in [3.63, 3.8) is 0 Å². The first-order valence-corrected chi connectivity index (χ1v) is 6.38. The van der Waals surface area contributed by atoms with Crippen LogP contribution in [0.25, 0.3) is 0 Å². The number of carbonyl (C=O) groups excluding carboxylic acids is 1. The minimum absolute atomic E-state index is 0.0627. The number of aliphatic hydroxyl groups excluding tert-OH is 1. The molecule has 0 radical (unpaired) electrons. The highest BCUT2D eigenvalue weighted by atomic mass is 16.3. The van der Waals surface area contributed by atoms with Gasteiger partial charge in [-0.1, -0.05) is 36.4 Å². The summed E-state index contributed by atoms with van der Waals surface area (Å²) in [6.45, 7) is 1.63. The van der Waals surface area contributed by atoms with Crippen molar-refractivity contribution in [3.05, 3.63) is 65.2 Å². The molecule has 0 unspecified atom stereocenters. The molecule has 1 amide bonds. The van der Waals surface area contributed by atoms with Gasteiger partial charge in [0.05, 0.1) is 18.2 Å². The van der Waals surface area contributed by atoms with E-state index in [0.29, 0.717) is 0 Å². The van der Waals surface area contributed by atoms with Gasteiger partial charge in [0, 0.05) is 0 Å². The maximum Gasteiger partial charge on any atom is 0.255 e. The van der Waals surface area contributed by atoms with E-state index in [1.54, 1.807) is 12.1 Å². The normalized spacial score (nSPS) is 11.9. The van der Waals surface area contributed by atoms with Crippen LogP contribution in [0.3, 0.4) is 0 Å². The van der Waals surface area contributed by atoms with E-state index in [0.717, 1.165) is 11.1 Å². The predicted molar refractivity (Wildman–Crippen MR) is 76.6 cm³/mol. The Balaban J connectivity index is 2.17. The lowest BCUT2D eigenvalue weighted by atomic mass is 10.1. The van der Waals surface area contributed by atoms with Gasteiger partial charge in [0.15, 0.2) is 0 Å². The lowest BCUT2D eigenvalue weighted by Crippen LogP contribution is -2.30. The maximum atomic E-state index is 12.1. The Morgan fingerprint density at radius 1 is 1.20 bits per heavy atom. The van der Waals surface area contributed by atoms with E-state index >= 15 is 0 Å². The van der Waals surface area contributed by atoms with Crippen LogP contribution in [0.2, 0.25) is 0 Å². The van der Waals surface area contributed by atoms with Crippen LogP contribution in [0.15, 0.2) is 48.5 Å². The number of nitrogens with one attached hydrogen (secondary N) is 1. The number of hydrogen-bond acceptors (Lipinski definition) is 3. The highest BCUT2D eigenvalue weighted by molar-refractivity contribution is 5.97. The summed E-state index contributed by atoms with van der Waals surface area (Å²) >= 11 is 0. The number of rotatable bonds is 4. The van der Waals surface area contributed by atoms with E-state index in [2.05, 4.69) is 5.32 Å². The summed E-state index contributed by atoms with van der Waals surface area (Å²) in [4.78, 5) is 12.1. The van der Waals surface area contributed by atoms with Gasteiger partial charge in [-0.05, 0) is 30.2 Å². The van der Waals surface area contributed by atoms with Crippen LogP contribution in [-0.4, -0.2) is 22.7 Å². The second-order valence-electron chi connectivity index (χ2n) is 4.64. The summed E-state index contributed by atoms with van der Waals surface area (Å²) < 4.78 is 0. The summed E-state index contributed by atoms with van der Waals surface area (Å²) in [5, 5.41) is 21.9. The molecule has 0 saturated carbocycles. The zero-order chi connectivity index (χ0) is 14.5. The van der Waals surface area contributed by atoms with Crippen LogP contribution in [0.5, 0.6) is 5.75 Å². The van der Waals surface area contributed by atoms with Crippen molar-refractivity contribution in [2.75, 3.05) is 6.61 Å². The topological polar surface area (TPSA) is 69.6 Å². The van der Waals surface area contributed by atoms with Crippen molar-refractivity contribution >= 4 is 5.91 Å². The Hall–Kier alpha value is -2.33.